The van der Waals surface area contributed by atoms with E-state index in [0.29, 0.717) is 18.8 Å². The van der Waals surface area contributed by atoms with Crippen molar-refractivity contribution in [3.05, 3.63) is 24.3 Å². The highest BCUT2D eigenvalue weighted by Gasteiger charge is 2.26. The average molecular weight is 280 g/mol. The summed E-state index contributed by atoms with van der Waals surface area (Å²) in [6.07, 6.45) is 0.712. The molecule has 0 N–H and O–H groups in total. The fourth-order valence-electron chi connectivity index (χ4n) is 2.00. The van der Waals surface area contributed by atoms with E-state index >= 15 is 0 Å². The van der Waals surface area contributed by atoms with Crippen LogP contribution < -0.4 is 9.47 Å². The molecule has 0 fully saturated rings. The van der Waals surface area contributed by atoms with Crippen LogP contribution in [0.2, 0.25) is 0 Å². The van der Waals surface area contributed by atoms with Crippen molar-refractivity contribution < 1.29 is 19.0 Å². The molecule has 0 saturated heterocycles. The first-order chi connectivity index (χ1) is 9.35. The summed E-state index contributed by atoms with van der Waals surface area (Å²) < 4.78 is 15.7. The van der Waals surface area contributed by atoms with Gasteiger partial charge in [0.05, 0.1) is 20.1 Å². The number of methoxy groups -OCH3 is 2. The lowest BCUT2D eigenvalue weighted by atomic mass is 9.85. The third-order valence-electron chi connectivity index (χ3n) is 2.89. The van der Waals surface area contributed by atoms with E-state index in [1.54, 1.807) is 13.2 Å². The Morgan fingerprint density at radius 1 is 1.20 bits per heavy atom. The third kappa shape index (κ3) is 5.51. The van der Waals surface area contributed by atoms with Gasteiger partial charge < -0.3 is 14.2 Å². The molecule has 4 nitrogen and oxygen atoms in total. The van der Waals surface area contributed by atoms with Crippen molar-refractivity contribution in [3.8, 4) is 11.5 Å². The molecule has 1 unspecified atom stereocenters. The quantitative estimate of drug-likeness (QED) is 0.750. The fraction of sp³-hybridized carbons (Fsp3) is 0.562. The van der Waals surface area contributed by atoms with E-state index < -0.39 is 0 Å². The Bertz CT molecular complexity index is 434. The van der Waals surface area contributed by atoms with Crippen LogP contribution in [0.4, 0.5) is 0 Å². The van der Waals surface area contributed by atoms with Crippen molar-refractivity contribution in [3.63, 3.8) is 0 Å². The summed E-state index contributed by atoms with van der Waals surface area (Å²) in [5.74, 6) is 0.911. The molecule has 0 amide bonds. The Balaban J connectivity index is 2.68. The van der Waals surface area contributed by atoms with Crippen LogP contribution >= 0.6 is 0 Å². The van der Waals surface area contributed by atoms with Crippen LogP contribution in [-0.2, 0) is 9.53 Å². The second kappa shape index (κ2) is 7.17. The maximum absolute atomic E-state index is 11.8. The van der Waals surface area contributed by atoms with Crippen molar-refractivity contribution in [2.45, 2.75) is 27.2 Å². The van der Waals surface area contributed by atoms with Gasteiger partial charge in [-0.1, -0.05) is 26.8 Å². The SMILES string of the molecule is COC(=O)C(COc1cccc(OC)c1)CC(C)(C)C. The first-order valence-corrected chi connectivity index (χ1v) is 6.70. The Hall–Kier alpha value is -1.71. The normalized spacial score (nSPS) is 12.7. The summed E-state index contributed by atoms with van der Waals surface area (Å²) >= 11 is 0. The van der Waals surface area contributed by atoms with Gasteiger partial charge in [-0.3, -0.25) is 4.79 Å². The molecular formula is C16H24O4. The lowest BCUT2D eigenvalue weighted by Crippen LogP contribution is -2.27. The number of hydrogen-bond donors (Lipinski definition) is 0. The smallest absolute Gasteiger partial charge is 0.312 e. The number of benzene rings is 1. The van der Waals surface area contributed by atoms with Crippen LogP contribution in [0.25, 0.3) is 0 Å². The minimum atomic E-state index is -0.272. The van der Waals surface area contributed by atoms with Gasteiger partial charge in [0, 0.05) is 6.07 Å². The lowest BCUT2D eigenvalue weighted by Gasteiger charge is -2.24. The van der Waals surface area contributed by atoms with E-state index in [1.807, 2.05) is 18.2 Å². The molecule has 0 saturated carbocycles. The van der Waals surface area contributed by atoms with Crippen molar-refractivity contribution in [2.24, 2.45) is 11.3 Å². The van der Waals surface area contributed by atoms with E-state index in [1.165, 1.54) is 7.11 Å². The van der Waals surface area contributed by atoms with E-state index in [-0.39, 0.29) is 17.3 Å². The number of rotatable bonds is 6. The Morgan fingerprint density at radius 2 is 1.85 bits per heavy atom. The van der Waals surface area contributed by atoms with Crippen LogP contribution in [0, 0.1) is 11.3 Å². The minimum absolute atomic E-state index is 0.0383. The maximum atomic E-state index is 11.8. The lowest BCUT2D eigenvalue weighted by molar-refractivity contribution is -0.147. The van der Waals surface area contributed by atoms with Gasteiger partial charge >= 0.3 is 5.97 Å². The zero-order valence-electron chi connectivity index (χ0n) is 12.9. The Kier molecular flexibility index (Phi) is 5.86. The van der Waals surface area contributed by atoms with Crippen LogP contribution in [0.15, 0.2) is 24.3 Å². The van der Waals surface area contributed by atoms with Crippen LogP contribution in [-0.4, -0.2) is 26.8 Å². The van der Waals surface area contributed by atoms with E-state index in [4.69, 9.17) is 14.2 Å². The molecule has 0 aliphatic heterocycles. The predicted molar refractivity (Wildman–Crippen MR) is 78.1 cm³/mol. The molecular weight excluding hydrogens is 256 g/mol. The Morgan fingerprint density at radius 3 is 2.40 bits per heavy atom. The van der Waals surface area contributed by atoms with E-state index in [9.17, 15) is 4.79 Å². The summed E-state index contributed by atoms with van der Waals surface area (Å²) in [6, 6.07) is 7.34. The van der Waals surface area contributed by atoms with Gasteiger partial charge in [0.1, 0.15) is 18.1 Å². The fourth-order valence-corrected chi connectivity index (χ4v) is 2.00. The van der Waals surface area contributed by atoms with Crippen LogP contribution in [0.5, 0.6) is 11.5 Å². The monoisotopic (exact) mass is 280 g/mol. The van der Waals surface area contributed by atoms with Crippen molar-refractivity contribution >= 4 is 5.97 Å². The molecule has 0 radical (unpaired) electrons. The number of carbonyl (C=O) groups excluding carboxylic acids is 1. The largest absolute Gasteiger partial charge is 0.497 e. The average Bonchev–Trinajstić information content (AvgIpc) is 2.41. The number of ether oxygens (including phenoxy) is 3. The molecule has 0 bridgehead atoms. The second-order valence-corrected chi connectivity index (χ2v) is 5.97. The first kappa shape index (κ1) is 16.3. The van der Waals surface area contributed by atoms with Gasteiger partial charge in [0.15, 0.2) is 0 Å². The van der Waals surface area contributed by atoms with Gasteiger partial charge in [0.2, 0.25) is 0 Å². The van der Waals surface area contributed by atoms with Gasteiger partial charge in [-0.05, 0) is 24.0 Å². The molecule has 1 rings (SSSR count). The number of hydrogen-bond acceptors (Lipinski definition) is 4. The highest BCUT2D eigenvalue weighted by Crippen LogP contribution is 2.26. The van der Waals surface area contributed by atoms with Crippen molar-refractivity contribution in [1.29, 1.82) is 0 Å². The van der Waals surface area contributed by atoms with Gasteiger partial charge in [-0.2, -0.15) is 0 Å². The predicted octanol–water partition coefficient (Wildman–Crippen LogP) is 3.30. The number of esters is 1. The summed E-state index contributed by atoms with van der Waals surface area (Å²) in [4.78, 5) is 11.8. The second-order valence-electron chi connectivity index (χ2n) is 5.97. The molecule has 1 aromatic carbocycles. The van der Waals surface area contributed by atoms with Gasteiger partial charge in [-0.15, -0.1) is 0 Å². The highest BCUT2D eigenvalue weighted by atomic mass is 16.5. The molecule has 0 aromatic heterocycles. The molecule has 20 heavy (non-hydrogen) atoms. The maximum Gasteiger partial charge on any atom is 0.312 e. The molecule has 0 heterocycles. The van der Waals surface area contributed by atoms with Gasteiger partial charge in [-0.25, -0.2) is 0 Å². The Labute approximate surface area is 121 Å². The zero-order chi connectivity index (χ0) is 15.2. The van der Waals surface area contributed by atoms with Crippen LogP contribution in [0.3, 0.4) is 0 Å². The van der Waals surface area contributed by atoms with Crippen molar-refractivity contribution in [2.75, 3.05) is 20.8 Å². The third-order valence-corrected chi connectivity index (χ3v) is 2.89. The summed E-state index contributed by atoms with van der Waals surface area (Å²) in [7, 11) is 3.01. The molecule has 1 atom stereocenters. The summed E-state index contributed by atoms with van der Waals surface area (Å²) in [6.45, 7) is 6.58. The number of carbonyl (C=O) groups is 1. The molecule has 0 aliphatic carbocycles. The molecule has 1 aromatic rings. The zero-order valence-corrected chi connectivity index (χ0v) is 12.9. The van der Waals surface area contributed by atoms with E-state index in [2.05, 4.69) is 20.8 Å². The van der Waals surface area contributed by atoms with Gasteiger partial charge in [0.25, 0.3) is 0 Å². The van der Waals surface area contributed by atoms with Crippen molar-refractivity contribution in [1.82, 2.24) is 0 Å². The topological polar surface area (TPSA) is 44.8 Å². The summed E-state index contributed by atoms with van der Waals surface area (Å²) in [5.41, 5.74) is 0.0383. The first-order valence-electron chi connectivity index (χ1n) is 6.70. The molecule has 112 valence electrons. The standard InChI is InChI=1S/C16H24O4/c1-16(2,3)10-12(15(17)19-5)11-20-14-8-6-7-13(9-14)18-4/h6-9,12H,10-11H2,1-5H3. The molecule has 0 spiro atoms. The highest BCUT2D eigenvalue weighted by molar-refractivity contribution is 5.72. The molecule has 0 aliphatic rings. The molecule has 4 heteroatoms. The van der Waals surface area contributed by atoms with E-state index in [0.717, 1.165) is 5.75 Å². The summed E-state index contributed by atoms with van der Waals surface area (Å²) in [5, 5.41) is 0. The van der Waals surface area contributed by atoms with Crippen LogP contribution in [0.1, 0.15) is 27.2 Å². The minimum Gasteiger partial charge on any atom is -0.497 e.